The largest absolute Gasteiger partial charge is 0.390 e. The first-order valence-corrected chi connectivity index (χ1v) is 14.7. The number of likely N-dealkylation sites (tertiary alicyclic amines) is 1. The maximum absolute atomic E-state index is 12.8. The quantitative estimate of drug-likeness (QED) is 0.238. The lowest BCUT2D eigenvalue weighted by molar-refractivity contribution is -0.0124. The molecule has 4 N–H and O–H groups in total. The highest BCUT2D eigenvalue weighted by Gasteiger charge is 2.46. The molecule has 0 radical (unpaired) electrons. The summed E-state index contributed by atoms with van der Waals surface area (Å²) >= 11 is 7.76. The molecular weight excluding hydrogens is 610 g/mol. The number of benzene rings is 1. The Hall–Kier alpha value is -2.05. The second-order valence-corrected chi connectivity index (χ2v) is 11.8. The number of nitrogens with zero attached hydrogens (tertiary/aromatic N) is 5. The van der Waals surface area contributed by atoms with E-state index in [9.17, 15) is 14.6 Å². The fourth-order valence-corrected chi connectivity index (χ4v) is 7.40. The molecule has 8 nitrogen and oxygen atoms in total. The highest BCUT2D eigenvalue weighted by molar-refractivity contribution is 7.13. The van der Waals surface area contributed by atoms with Gasteiger partial charge in [-0.25, -0.2) is 14.4 Å². The number of aliphatic hydroxyl groups is 2. The van der Waals surface area contributed by atoms with Crippen LogP contribution in [0.15, 0.2) is 41.9 Å². The topological polar surface area (TPSA) is 113 Å². The predicted molar refractivity (Wildman–Crippen MR) is 166 cm³/mol. The molecule has 1 aliphatic heterocycles. The van der Waals surface area contributed by atoms with E-state index in [0.717, 1.165) is 42.2 Å². The van der Waals surface area contributed by atoms with E-state index >= 15 is 0 Å². The molecule has 1 saturated carbocycles. The van der Waals surface area contributed by atoms with Crippen LogP contribution in [-0.2, 0) is 6.42 Å². The molecule has 41 heavy (non-hydrogen) atoms. The SMILES string of the molecule is Cl.Cl.Nc1nc(Cl)nc2c1c(-c1nc(Cc3ccccc3)cs1)cn2[C@@H]1CC(C2CCN(CCF)CC2)[C@@H](O)[C@H]1O. The normalized spacial score (nSPS) is 23.4. The van der Waals surface area contributed by atoms with Crippen LogP contribution in [-0.4, -0.2) is 73.1 Å². The van der Waals surface area contributed by atoms with Gasteiger partial charge >= 0.3 is 0 Å². The van der Waals surface area contributed by atoms with Gasteiger partial charge in [0.05, 0.1) is 23.2 Å². The van der Waals surface area contributed by atoms with Crippen LogP contribution in [0.4, 0.5) is 10.2 Å². The van der Waals surface area contributed by atoms with Crippen LogP contribution in [0.25, 0.3) is 21.6 Å². The number of anilines is 1. The van der Waals surface area contributed by atoms with Crippen molar-refractivity contribution < 1.29 is 14.6 Å². The van der Waals surface area contributed by atoms with Gasteiger partial charge in [-0.1, -0.05) is 30.3 Å². The Balaban J connectivity index is 0.00000194. The average molecular weight is 644 g/mol. The van der Waals surface area contributed by atoms with E-state index in [-0.39, 0.29) is 54.4 Å². The minimum atomic E-state index is -0.970. The van der Waals surface area contributed by atoms with Crippen LogP contribution in [0.2, 0.25) is 5.28 Å². The molecule has 3 aromatic heterocycles. The minimum Gasteiger partial charge on any atom is -0.390 e. The average Bonchev–Trinajstić information content (AvgIpc) is 3.62. The number of fused-ring (bicyclic) bond motifs is 1. The number of rotatable bonds is 7. The van der Waals surface area contributed by atoms with Crippen LogP contribution in [0.3, 0.4) is 0 Å². The summed E-state index contributed by atoms with van der Waals surface area (Å²) in [5.74, 6) is 0.452. The fourth-order valence-electron chi connectivity index (χ4n) is 6.39. The summed E-state index contributed by atoms with van der Waals surface area (Å²) in [7, 11) is 0. The summed E-state index contributed by atoms with van der Waals surface area (Å²) in [4.78, 5) is 15.7. The molecule has 2 aliphatic rings. The van der Waals surface area contributed by atoms with Crippen LogP contribution >= 0.6 is 47.8 Å². The van der Waals surface area contributed by atoms with E-state index in [1.807, 2.05) is 34.3 Å². The number of hydrogen-bond acceptors (Lipinski definition) is 8. The molecule has 1 unspecified atom stereocenters. The van der Waals surface area contributed by atoms with Crippen molar-refractivity contribution >= 4 is 64.6 Å². The molecule has 0 amide bonds. The molecule has 13 heteroatoms. The summed E-state index contributed by atoms with van der Waals surface area (Å²) < 4.78 is 14.7. The van der Waals surface area contributed by atoms with Crippen molar-refractivity contribution in [1.82, 2.24) is 24.4 Å². The molecule has 4 heterocycles. The van der Waals surface area contributed by atoms with Gasteiger partial charge < -0.3 is 25.4 Å². The number of hydrogen-bond donors (Lipinski definition) is 3. The first kappa shape index (κ1) is 31.9. The van der Waals surface area contributed by atoms with Gasteiger partial charge in [0.2, 0.25) is 5.28 Å². The Labute approximate surface area is 259 Å². The van der Waals surface area contributed by atoms with Crippen molar-refractivity contribution in [1.29, 1.82) is 0 Å². The highest BCUT2D eigenvalue weighted by atomic mass is 35.5. The maximum atomic E-state index is 12.8. The first-order chi connectivity index (χ1) is 18.9. The number of piperidine rings is 1. The maximum Gasteiger partial charge on any atom is 0.226 e. The zero-order chi connectivity index (χ0) is 27.1. The third kappa shape index (κ3) is 6.34. The van der Waals surface area contributed by atoms with Crippen molar-refractivity contribution in [3.63, 3.8) is 0 Å². The van der Waals surface area contributed by atoms with E-state index in [1.54, 1.807) is 0 Å². The van der Waals surface area contributed by atoms with Crippen LogP contribution in [0, 0.1) is 11.8 Å². The van der Waals surface area contributed by atoms with Gasteiger partial charge in [0.25, 0.3) is 0 Å². The van der Waals surface area contributed by atoms with E-state index in [1.165, 1.54) is 16.9 Å². The van der Waals surface area contributed by atoms with E-state index < -0.39 is 18.2 Å². The van der Waals surface area contributed by atoms with Gasteiger partial charge in [-0.2, -0.15) is 4.98 Å². The molecule has 2 fully saturated rings. The molecule has 1 aromatic carbocycles. The molecule has 1 aliphatic carbocycles. The molecule has 0 bridgehead atoms. The smallest absolute Gasteiger partial charge is 0.226 e. The Morgan fingerprint density at radius 1 is 1.05 bits per heavy atom. The molecule has 4 aromatic rings. The number of nitrogen functional groups attached to an aromatic ring is 1. The van der Waals surface area contributed by atoms with Gasteiger partial charge in [0.1, 0.15) is 29.3 Å². The van der Waals surface area contributed by atoms with E-state index in [2.05, 4.69) is 27.0 Å². The molecule has 1 saturated heterocycles. The fraction of sp³-hybridized carbons (Fsp3) is 0.464. The zero-order valence-electron chi connectivity index (χ0n) is 22.3. The summed E-state index contributed by atoms with van der Waals surface area (Å²) in [5, 5.41) is 25.9. The predicted octanol–water partition coefficient (Wildman–Crippen LogP) is 5.19. The summed E-state index contributed by atoms with van der Waals surface area (Å²) in [6.07, 6.45) is 3.16. The van der Waals surface area contributed by atoms with Gasteiger partial charge in [-0.15, -0.1) is 36.2 Å². The summed E-state index contributed by atoms with van der Waals surface area (Å²) in [5.41, 5.74) is 9.80. The van der Waals surface area contributed by atoms with Crippen LogP contribution < -0.4 is 5.73 Å². The van der Waals surface area contributed by atoms with Gasteiger partial charge in [0, 0.05) is 30.1 Å². The molecule has 4 atom stereocenters. The Morgan fingerprint density at radius 2 is 1.78 bits per heavy atom. The Kier molecular flexibility index (Phi) is 10.5. The number of thiazole rings is 1. The van der Waals surface area contributed by atoms with Crippen molar-refractivity contribution in [2.24, 2.45) is 11.8 Å². The summed E-state index contributed by atoms with van der Waals surface area (Å²) in [6.45, 7) is 1.73. The first-order valence-electron chi connectivity index (χ1n) is 13.4. The second kappa shape index (κ2) is 13.5. The van der Waals surface area contributed by atoms with E-state index in [4.69, 9.17) is 22.3 Å². The minimum absolute atomic E-state index is 0. The third-order valence-corrected chi connectivity index (χ3v) is 9.47. The second-order valence-electron chi connectivity index (χ2n) is 10.6. The van der Waals surface area contributed by atoms with Gasteiger partial charge in [-0.05, 0) is 61.4 Å². The standard InChI is InChI=1S/C28H32ClFN6O2S.2ClH/c29-28-33-25(31)22-20(27-32-18(15-39-27)12-16-4-2-1-3-5-16)14-36(26(22)34-28)21-13-19(23(37)24(21)38)17-6-9-35(10-7-17)11-8-30;;/h1-5,14-15,17,19,21,23-24,37-38H,6-13H2,(H2,31,33,34);2*1H/t19?,21-,23-,24+;;/m1../s1. The van der Waals surface area contributed by atoms with E-state index in [0.29, 0.717) is 30.4 Å². The van der Waals surface area contributed by atoms with Crippen molar-refractivity contribution in [3.05, 3.63) is 58.4 Å². The summed E-state index contributed by atoms with van der Waals surface area (Å²) in [6, 6.07) is 9.77. The van der Waals surface area contributed by atoms with Crippen LogP contribution in [0.5, 0.6) is 0 Å². The number of nitrogens with two attached hydrogens (primary N) is 1. The number of halogens is 4. The molecule has 222 valence electrons. The molecular formula is C28H34Cl3FN6O2S. The van der Waals surface area contributed by atoms with Crippen LogP contribution in [0.1, 0.15) is 36.6 Å². The van der Waals surface area contributed by atoms with Crippen molar-refractivity contribution in [2.75, 3.05) is 32.0 Å². The lowest BCUT2D eigenvalue weighted by Crippen LogP contribution is -2.40. The Bertz CT molecular complexity index is 1450. The van der Waals surface area contributed by atoms with Gasteiger partial charge in [0.15, 0.2) is 0 Å². The molecule has 6 rings (SSSR count). The number of aliphatic hydroxyl groups excluding tert-OH is 2. The van der Waals surface area contributed by atoms with Crippen molar-refractivity contribution in [2.45, 2.75) is 43.9 Å². The molecule has 0 spiro atoms. The lowest BCUT2D eigenvalue weighted by Gasteiger charge is -2.35. The lowest BCUT2D eigenvalue weighted by atomic mass is 9.82. The number of aromatic nitrogens is 4. The van der Waals surface area contributed by atoms with Crippen molar-refractivity contribution in [3.8, 4) is 10.6 Å². The van der Waals surface area contributed by atoms with Gasteiger partial charge in [-0.3, -0.25) is 0 Å². The highest BCUT2D eigenvalue weighted by Crippen LogP contribution is 2.46. The third-order valence-electron chi connectivity index (χ3n) is 8.38. The Morgan fingerprint density at radius 3 is 2.49 bits per heavy atom. The monoisotopic (exact) mass is 642 g/mol. The zero-order valence-corrected chi connectivity index (χ0v) is 25.5. The number of alkyl halides is 1.